The number of nitrogens with zero attached hydrogens (tertiary/aromatic N) is 2. The fraction of sp³-hybridized carbons (Fsp3) is 0.391. The number of anilines is 3. The van der Waals surface area contributed by atoms with E-state index in [1.807, 2.05) is 43.3 Å². The standard InChI is InChI=1S/C23H30N4O4/c1-3-31-21-7-5-4-6-20(21)25-23(29)17-26(2)16-22(28)24-18-8-10-19(11-9-18)27-12-14-30-15-13-27/h4-11H,3,12-17H2,1-2H3,(H,24,28)(H,25,29). The maximum Gasteiger partial charge on any atom is 0.238 e. The van der Waals surface area contributed by atoms with E-state index in [1.165, 1.54) is 0 Å². The lowest BCUT2D eigenvalue weighted by atomic mass is 10.2. The molecule has 8 heteroatoms. The SMILES string of the molecule is CCOc1ccccc1NC(=O)CN(C)CC(=O)Nc1ccc(N2CCOCC2)cc1. The summed E-state index contributed by atoms with van der Waals surface area (Å²) < 4.78 is 10.9. The van der Waals surface area contributed by atoms with Crippen LogP contribution in [-0.4, -0.2) is 69.8 Å². The Labute approximate surface area is 183 Å². The summed E-state index contributed by atoms with van der Waals surface area (Å²) >= 11 is 0. The van der Waals surface area contributed by atoms with Gasteiger partial charge >= 0.3 is 0 Å². The maximum atomic E-state index is 12.4. The van der Waals surface area contributed by atoms with E-state index in [4.69, 9.17) is 9.47 Å². The van der Waals surface area contributed by atoms with Crippen LogP contribution in [0.15, 0.2) is 48.5 Å². The molecule has 31 heavy (non-hydrogen) atoms. The van der Waals surface area contributed by atoms with Crippen LogP contribution in [0.25, 0.3) is 0 Å². The zero-order valence-corrected chi connectivity index (χ0v) is 18.1. The average Bonchev–Trinajstić information content (AvgIpc) is 2.76. The minimum atomic E-state index is -0.211. The van der Waals surface area contributed by atoms with Gasteiger partial charge in [0.15, 0.2) is 0 Å². The first kappa shape index (κ1) is 22.6. The zero-order valence-electron chi connectivity index (χ0n) is 18.1. The number of hydrogen-bond donors (Lipinski definition) is 2. The molecule has 8 nitrogen and oxygen atoms in total. The van der Waals surface area contributed by atoms with Gasteiger partial charge in [0, 0.05) is 24.5 Å². The summed E-state index contributed by atoms with van der Waals surface area (Å²) in [5.41, 5.74) is 2.46. The molecule has 3 rings (SSSR count). The third kappa shape index (κ3) is 6.97. The molecule has 2 amide bonds. The van der Waals surface area contributed by atoms with Crippen LogP contribution < -0.4 is 20.3 Å². The second-order valence-electron chi connectivity index (χ2n) is 7.34. The number of likely N-dealkylation sites (N-methyl/N-ethyl adjacent to an activating group) is 1. The predicted molar refractivity (Wildman–Crippen MR) is 122 cm³/mol. The monoisotopic (exact) mass is 426 g/mol. The van der Waals surface area contributed by atoms with Crippen LogP contribution >= 0.6 is 0 Å². The van der Waals surface area contributed by atoms with E-state index in [0.717, 1.165) is 37.7 Å². The van der Waals surface area contributed by atoms with Crippen molar-refractivity contribution in [2.45, 2.75) is 6.92 Å². The van der Waals surface area contributed by atoms with E-state index < -0.39 is 0 Å². The Morgan fingerprint density at radius 2 is 1.65 bits per heavy atom. The van der Waals surface area contributed by atoms with Gasteiger partial charge < -0.3 is 25.0 Å². The Bertz CT molecular complexity index is 866. The molecule has 2 N–H and O–H groups in total. The molecule has 0 radical (unpaired) electrons. The molecule has 0 bridgehead atoms. The van der Waals surface area contributed by atoms with Gasteiger partial charge in [0.05, 0.1) is 38.6 Å². The molecule has 166 valence electrons. The Hall–Kier alpha value is -3.10. The lowest BCUT2D eigenvalue weighted by Crippen LogP contribution is -2.36. The number of hydrogen-bond acceptors (Lipinski definition) is 6. The van der Waals surface area contributed by atoms with Crippen LogP contribution in [0.2, 0.25) is 0 Å². The third-order valence-corrected chi connectivity index (χ3v) is 4.82. The first-order valence-corrected chi connectivity index (χ1v) is 10.5. The highest BCUT2D eigenvalue weighted by Gasteiger charge is 2.14. The van der Waals surface area contributed by atoms with Crippen molar-refractivity contribution in [3.05, 3.63) is 48.5 Å². The molecule has 1 saturated heterocycles. The summed E-state index contributed by atoms with van der Waals surface area (Å²) in [7, 11) is 1.73. The van der Waals surface area contributed by atoms with Gasteiger partial charge in [-0.05, 0) is 50.4 Å². The fourth-order valence-corrected chi connectivity index (χ4v) is 3.36. The molecular formula is C23H30N4O4. The molecule has 1 fully saturated rings. The van der Waals surface area contributed by atoms with E-state index in [1.54, 1.807) is 24.1 Å². The van der Waals surface area contributed by atoms with Crippen LogP contribution in [0.4, 0.5) is 17.1 Å². The number of rotatable bonds is 9. The lowest BCUT2D eigenvalue weighted by molar-refractivity contribution is -0.119. The minimum absolute atomic E-state index is 0.0872. The topological polar surface area (TPSA) is 83.1 Å². The number of morpholine rings is 1. The van der Waals surface area contributed by atoms with Crippen LogP contribution in [0.5, 0.6) is 5.75 Å². The first-order valence-electron chi connectivity index (χ1n) is 10.5. The Morgan fingerprint density at radius 1 is 1.00 bits per heavy atom. The summed E-state index contributed by atoms with van der Waals surface area (Å²) in [6.07, 6.45) is 0. The van der Waals surface area contributed by atoms with Gasteiger partial charge in [-0.15, -0.1) is 0 Å². The van der Waals surface area contributed by atoms with Crippen molar-refractivity contribution in [1.82, 2.24) is 4.90 Å². The van der Waals surface area contributed by atoms with Crippen molar-refractivity contribution in [2.75, 3.05) is 68.6 Å². The molecule has 0 spiro atoms. The van der Waals surface area contributed by atoms with Gasteiger partial charge in [0.1, 0.15) is 5.75 Å². The van der Waals surface area contributed by atoms with Crippen molar-refractivity contribution in [1.29, 1.82) is 0 Å². The smallest absolute Gasteiger partial charge is 0.238 e. The average molecular weight is 427 g/mol. The van der Waals surface area contributed by atoms with Crippen molar-refractivity contribution < 1.29 is 19.1 Å². The highest BCUT2D eigenvalue weighted by atomic mass is 16.5. The summed E-state index contributed by atoms with van der Waals surface area (Å²) in [6, 6.07) is 15.0. The number of ether oxygens (including phenoxy) is 2. The van der Waals surface area contributed by atoms with Crippen molar-refractivity contribution in [3.8, 4) is 5.75 Å². The molecule has 0 atom stereocenters. The molecule has 0 unspecified atom stereocenters. The van der Waals surface area contributed by atoms with Gasteiger partial charge in [-0.1, -0.05) is 12.1 Å². The summed E-state index contributed by atoms with van der Waals surface area (Å²) in [5, 5.41) is 5.71. The number of carbonyl (C=O) groups excluding carboxylic acids is 2. The number of benzene rings is 2. The van der Waals surface area contributed by atoms with Crippen molar-refractivity contribution >= 4 is 28.9 Å². The van der Waals surface area contributed by atoms with Gasteiger partial charge in [-0.25, -0.2) is 0 Å². The summed E-state index contributed by atoms with van der Waals surface area (Å²) in [6.45, 7) is 5.80. The lowest BCUT2D eigenvalue weighted by Gasteiger charge is -2.28. The zero-order chi connectivity index (χ0) is 22.1. The van der Waals surface area contributed by atoms with Gasteiger partial charge in [0.25, 0.3) is 0 Å². The third-order valence-electron chi connectivity index (χ3n) is 4.82. The van der Waals surface area contributed by atoms with Crippen LogP contribution in [0.1, 0.15) is 6.92 Å². The molecule has 1 heterocycles. The van der Waals surface area contributed by atoms with Gasteiger partial charge in [-0.2, -0.15) is 0 Å². The molecule has 2 aromatic rings. The predicted octanol–water partition coefficient (Wildman–Crippen LogP) is 2.43. The maximum absolute atomic E-state index is 12.4. The van der Waals surface area contributed by atoms with E-state index in [0.29, 0.717) is 18.0 Å². The van der Waals surface area contributed by atoms with E-state index in [-0.39, 0.29) is 24.9 Å². The van der Waals surface area contributed by atoms with Crippen molar-refractivity contribution in [3.63, 3.8) is 0 Å². The molecule has 1 aliphatic rings. The normalized spacial score (nSPS) is 13.7. The molecular weight excluding hydrogens is 396 g/mol. The second-order valence-corrected chi connectivity index (χ2v) is 7.34. The van der Waals surface area contributed by atoms with Gasteiger partial charge in [-0.3, -0.25) is 14.5 Å². The number of nitrogens with one attached hydrogen (secondary N) is 2. The largest absolute Gasteiger partial charge is 0.492 e. The number of carbonyl (C=O) groups is 2. The Morgan fingerprint density at radius 3 is 2.32 bits per heavy atom. The van der Waals surface area contributed by atoms with Crippen LogP contribution in [-0.2, 0) is 14.3 Å². The Balaban J connectivity index is 1.45. The Kier molecular flexibility index (Phi) is 8.26. The van der Waals surface area contributed by atoms with E-state index in [9.17, 15) is 9.59 Å². The minimum Gasteiger partial charge on any atom is -0.492 e. The van der Waals surface area contributed by atoms with Crippen LogP contribution in [0, 0.1) is 0 Å². The first-order chi connectivity index (χ1) is 15.0. The van der Waals surface area contributed by atoms with E-state index >= 15 is 0 Å². The summed E-state index contributed by atoms with van der Waals surface area (Å²) in [5.74, 6) is 0.237. The number of para-hydroxylation sites is 2. The highest BCUT2D eigenvalue weighted by molar-refractivity contribution is 5.95. The summed E-state index contributed by atoms with van der Waals surface area (Å²) in [4.78, 5) is 28.6. The van der Waals surface area contributed by atoms with Gasteiger partial charge in [0.2, 0.25) is 11.8 Å². The fourth-order valence-electron chi connectivity index (χ4n) is 3.36. The molecule has 0 aromatic heterocycles. The van der Waals surface area contributed by atoms with Crippen molar-refractivity contribution in [2.24, 2.45) is 0 Å². The number of amides is 2. The highest BCUT2D eigenvalue weighted by Crippen LogP contribution is 2.23. The second kappa shape index (κ2) is 11.3. The van der Waals surface area contributed by atoms with E-state index in [2.05, 4.69) is 15.5 Å². The molecule has 0 aliphatic carbocycles. The quantitative estimate of drug-likeness (QED) is 0.641. The molecule has 0 saturated carbocycles. The van der Waals surface area contributed by atoms with Crippen LogP contribution in [0.3, 0.4) is 0 Å². The molecule has 1 aliphatic heterocycles. The molecule has 2 aromatic carbocycles.